The minimum atomic E-state index is -4.52. The first-order chi connectivity index (χ1) is 10.7. The van der Waals surface area contributed by atoms with E-state index < -0.39 is 17.5 Å². The molecule has 0 aliphatic rings. The Morgan fingerprint density at radius 3 is 2.22 bits per heavy atom. The van der Waals surface area contributed by atoms with Gasteiger partial charge in [0.15, 0.2) is 5.69 Å². The quantitative estimate of drug-likeness (QED) is 0.812. The summed E-state index contributed by atoms with van der Waals surface area (Å²) in [5.74, 6) is 0.169. The second-order valence-corrected chi connectivity index (χ2v) is 5.96. The Balaban J connectivity index is 2.09. The molecule has 4 nitrogen and oxygen atoms in total. The summed E-state index contributed by atoms with van der Waals surface area (Å²) in [7, 11) is 0. The number of aromatic nitrogens is 2. The fraction of sp³-hybridized carbons (Fsp3) is 0.333. The van der Waals surface area contributed by atoms with Crippen molar-refractivity contribution in [2.75, 3.05) is 11.9 Å². The first kappa shape index (κ1) is 17.7. The summed E-state index contributed by atoms with van der Waals surface area (Å²) in [6.07, 6.45) is -4.09. The molecule has 124 valence electrons. The van der Waals surface area contributed by atoms with Crippen molar-refractivity contribution in [2.45, 2.75) is 25.1 Å². The summed E-state index contributed by atoms with van der Waals surface area (Å²) < 4.78 is 38.2. The van der Waals surface area contributed by atoms with E-state index in [4.69, 9.17) is 0 Å². The summed E-state index contributed by atoms with van der Waals surface area (Å²) in [5, 5.41) is 20.2. The average Bonchev–Trinajstić information content (AvgIpc) is 2.53. The zero-order valence-corrected chi connectivity index (χ0v) is 13.8. The van der Waals surface area contributed by atoms with Crippen molar-refractivity contribution in [2.24, 2.45) is 0 Å². The maximum Gasteiger partial charge on any atom is 0.435 e. The normalized spacial score (nSPS) is 14.3. The molecule has 1 aromatic heterocycles. The topological polar surface area (TPSA) is 58.0 Å². The number of halogens is 4. The zero-order chi connectivity index (χ0) is 17.1. The van der Waals surface area contributed by atoms with Crippen LogP contribution in [0.5, 0.6) is 0 Å². The maximum absolute atomic E-state index is 12.4. The van der Waals surface area contributed by atoms with E-state index in [1.54, 1.807) is 12.1 Å². The highest BCUT2D eigenvalue weighted by atomic mass is 79.9. The van der Waals surface area contributed by atoms with Gasteiger partial charge < -0.3 is 10.4 Å². The molecule has 2 rings (SSSR count). The lowest BCUT2D eigenvalue weighted by Crippen LogP contribution is -2.33. The molecular weight excluding hydrogens is 375 g/mol. The predicted molar refractivity (Wildman–Crippen MR) is 83.9 cm³/mol. The molecule has 2 aromatic rings. The molecule has 0 aliphatic carbocycles. The fourth-order valence-corrected chi connectivity index (χ4v) is 2.27. The molecule has 0 saturated carbocycles. The van der Waals surface area contributed by atoms with Crippen molar-refractivity contribution < 1.29 is 18.3 Å². The van der Waals surface area contributed by atoms with Crippen molar-refractivity contribution in [1.29, 1.82) is 0 Å². The smallest absolute Gasteiger partial charge is 0.383 e. The van der Waals surface area contributed by atoms with Crippen LogP contribution < -0.4 is 5.32 Å². The number of aliphatic hydroxyl groups is 1. The Bertz CT molecular complexity index is 647. The Hall–Kier alpha value is -1.67. The highest BCUT2D eigenvalue weighted by Gasteiger charge is 2.33. The van der Waals surface area contributed by atoms with Crippen LogP contribution in [0.25, 0.3) is 0 Å². The average molecular weight is 390 g/mol. The lowest BCUT2D eigenvalue weighted by molar-refractivity contribution is -0.141. The molecule has 1 heterocycles. The van der Waals surface area contributed by atoms with Gasteiger partial charge in [-0.25, -0.2) is 0 Å². The molecule has 0 spiro atoms. The molecule has 0 radical (unpaired) electrons. The molecule has 0 amide bonds. The molecule has 1 atom stereocenters. The third-order valence-electron chi connectivity index (χ3n) is 3.48. The van der Waals surface area contributed by atoms with Gasteiger partial charge >= 0.3 is 6.18 Å². The molecule has 0 aliphatic heterocycles. The molecule has 0 saturated heterocycles. The van der Waals surface area contributed by atoms with Crippen LogP contribution in [-0.2, 0) is 11.8 Å². The van der Waals surface area contributed by atoms with E-state index in [2.05, 4.69) is 31.4 Å². The van der Waals surface area contributed by atoms with Crippen molar-refractivity contribution in [3.05, 3.63) is 52.1 Å². The Kier molecular flexibility index (Phi) is 5.26. The SMILES string of the molecule is CCC(O)(CNc1ccc(C(F)(F)F)nn1)c1ccc(Br)cc1. The largest absolute Gasteiger partial charge is 0.435 e. The van der Waals surface area contributed by atoms with Crippen LogP contribution in [0.2, 0.25) is 0 Å². The standard InChI is InChI=1S/C15H15BrF3N3O/c1-2-14(23,10-3-5-11(16)6-4-10)9-20-13-8-7-12(21-22-13)15(17,18)19/h3-8,23H,2,9H2,1H3,(H,20,22). The molecular formula is C15H15BrF3N3O. The Morgan fingerprint density at radius 1 is 1.09 bits per heavy atom. The van der Waals surface area contributed by atoms with Crippen molar-refractivity contribution in [3.63, 3.8) is 0 Å². The van der Waals surface area contributed by atoms with E-state index in [0.29, 0.717) is 12.0 Å². The summed E-state index contributed by atoms with van der Waals surface area (Å²) in [6, 6.07) is 9.23. The van der Waals surface area contributed by atoms with E-state index in [1.807, 2.05) is 19.1 Å². The van der Waals surface area contributed by atoms with Gasteiger partial charge in [-0.1, -0.05) is 35.0 Å². The van der Waals surface area contributed by atoms with E-state index in [-0.39, 0.29) is 12.4 Å². The number of hydrogen-bond acceptors (Lipinski definition) is 4. The predicted octanol–water partition coefficient (Wildman–Crippen LogP) is 3.97. The third-order valence-corrected chi connectivity index (χ3v) is 4.01. The van der Waals surface area contributed by atoms with Crippen LogP contribution >= 0.6 is 15.9 Å². The summed E-state index contributed by atoms with van der Waals surface area (Å²) in [6.45, 7) is 1.92. The van der Waals surface area contributed by atoms with Gasteiger partial charge in [-0.2, -0.15) is 13.2 Å². The highest BCUT2D eigenvalue weighted by Crippen LogP contribution is 2.28. The van der Waals surface area contributed by atoms with Gasteiger partial charge in [0.2, 0.25) is 0 Å². The molecule has 8 heteroatoms. The van der Waals surface area contributed by atoms with Gasteiger partial charge in [0.25, 0.3) is 0 Å². The van der Waals surface area contributed by atoms with Crippen molar-refractivity contribution in [3.8, 4) is 0 Å². The molecule has 1 unspecified atom stereocenters. The van der Waals surface area contributed by atoms with E-state index in [9.17, 15) is 18.3 Å². The second-order valence-electron chi connectivity index (χ2n) is 5.05. The molecule has 0 bridgehead atoms. The van der Waals surface area contributed by atoms with Crippen LogP contribution in [0.1, 0.15) is 24.6 Å². The summed E-state index contributed by atoms with van der Waals surface area (Å²) in [4.78, 5) is 0. The van der Waals surface area contributed by atoms with Crippen LogP contribution in [0, 0.1) is 0 Å². The number of rotatable bonds is 5. The van der Waals surface area contributed by atoms with Crippen LogP contribution in [-0.4, -0.2) is 21.8 Å². The van der Waals surface area contributed by atoms with Gasteiger partial charge in [0.1, 0.15) is 11.4 Å². The number of nitrogens with one attached hydrogen (secondary N) is 1. The monoisotopic (exact) mass is 389 g/mol. The van der Waals surface area contributed by atoms with Crippen molar-refractivity contribution in [1.82, 2.24) is 10.2 Å². The first-order valence-corrected chi connectivity index (χ1v) is 7.67. The third kappa shape index (κ3) is 4.42. The maximum atomic E-state index is 12.4. The lowest BCUT2D eigenvalue weighted by atomic mass is 9.91. The van der Waals surface area contributed by atoms with Crippen LogP contribution in [0.15, 0.2) is 40.9 Å². The van der Waals surface area contributed by atoms with E-state index in [1.165, 1.54) is 6.07 Å². The van der Waals surface area contributed by atoms with Crippen molar-refractivity contribution >= 4 is 21.7 Å². The summed E-state index contributed by atoms with van der Waals surface area (Å²) >= 11 is 3.33. The van der Waals surface area contributed by atoms with E-state index >= 15 is 0 Å². The highest BCUT2D eigenvalue weighted by molar-refractivity contribution is 9.10. The molecule has 2 N–H and O–H groups in total. The van der Waals surface area contributed by atoms with Gasteiger partial charge in [-0.3, -0.25) is 0 Å². The Morgan fingerprint density at radius 2 is 1.74 bits per heavy atom. The van der Waals surface area contributed by atoms with Gasteiger partial charge in [-0.05, 0) is 36.2 Å². The number of alkyl halides is 3. The fourth-order valence-electron chi connectivity index (χ4n) is 2.01. The van der Waals surface area contributed by atoms with Gasteiger partial charge in [0, 0.05) is 11.0 Å². The molecule has 23 heavy (non-hydrogen) atoms. The number of anilines is 1. The Labute approximate surface area is 139 Å². The first-order valence-electron chi connectivity index (χ1n) is 6.88. The van der Waals surface area contributed by atoms with Crippen LogP contribution in [0.3, 0.4) is 0 Å². The van der Waals surface area contributed by atoms with Gasteiger partial charge in [-0.15, -0.1) is 10.2 Å². The molecule has 0 fully saturated rings. The number of benzene rings is 1. The minimum absolute atomic E-state index is 0.102. The van der Waals surface area contributed by atoms with Gasteiger partial charge in [0.05, 0.1) is 0 Å². The number of hydrogen-bond donors (Lipinski definition) is 2. The summed E-state index contributed by atoms with van der Waals surface area (Å²) in [5.41, 5.74) is -1.51. The minimum Gasteiger partial charge on any atom is -0.383 e. The van der Waals surface area contributed by atoms with Crippen LogP contribution in [0.4, 0.5) is 19.0 Å². The lowest BCUT2D eigenvalue weighted by Gasteiger charge is -2.28. The zero-order valence-electron chi connectivity index (χ0n) is 12.2. The second kappa shape index (κ2) is 6.84. The number of nitrogens with zero attached hydrogens (tertiary/aromatic N) is 2. The molecule has 1 aromatic carbocycles. The van der Waals surface area contributed by atoms with E-state index in [0.717, 1.165) is 10.5 Å².